The minimum Gasteiger partial charge on any atom is -0.464 e. The number of nitrogens with zero attached hydrogens (tertiary/aromatic N) is 1. The van der Waals surface area contributed by atoms with Gasteiger partial charge in [-0.05, 0) is 83.9 Å². The normalized spacial score (nSPS) is 17.3. The van der Waals surface area contributed by atoms with Gasteiger partial charge >= 0.3 is 11.9 Å². The third kappa shape index (κ3) is 10.4. The molecule has 3 heterocycles. The van der Waals surface area contributed by atoms with Crippen molar-refractivity contribution in [2.45, 2.75) is 62.8 Å². The van der Waals surface area contributed by atoms with Gasteiger partial charge in [-0.15, -0.1) is 0 Å². The molecule has 6 rings (SSSR count). The lowest BCUT2D eigenvalue weighted by atomic mass is 9.95. The Balaban J connectivity index is 1.15. The molecular formula is C39H42Cl2N2O9S3. The molecule has 0 saturated carbocycles. The lowest BCUT2D eigenvalue weighted by molar-refractivity contribution is -0.185. The van der Waals surface area contributed by atoms with Gasteiger partial charge in [0.2, 0.25) is 6.29 Å². The van der Waals surface area contributed by atoms with Gasteiger partial charge in [0.25, 0.3) is 11.8 Å². The first-order valence-corrected chi connectivity index (χ1v) is 23.5. The summed E-state index contributed by atoms with van der Waals surface area (Å²) in [6, 6.07) is 13.3. The highest BCUT2D eigenvalue weighted by molar-refractivity contribution is 8.29. The van der Waals surface area contributed by atoms with E-state index in [2.05, 4.69) is 5.32 Å². The van der Waals surface area contributed by atoms with E-state index in [-0.39, 0.29) is 56.7 Å². The first-order chi connectivity index (χ1) is 26.3. The van der Waals surface area contributed by atoms with E-state index in [1.54, 1.807) is 35.4 Å². The number of carbonyl (C=O) groups excluding carboxylic acids is 4. The van der Waals surface area contributed by atoms with Crippen LogP contribution in [0.3, 0.4) is 0 Å². The number of fused-ring (bicyclic) bond motifs is 2. The van der Waals surface area contributed by atoms with Crippen LogP contribution >= 0.6 is 45.9 Å². The largest absolute Gasteiger partial charge is 0.464 e. The molecule has 2 aliphatic heterocycles. The van der Waals surface area contributed by atoms with Crippen molar-refractivity contribution in [1.82, 2.24) is 10.2 Å². The summed E-state index contributed by atoms with van der Waals surface area (Å²) in [7, 11) is -3.52. The number of furan rings is 1. The number of thiol groups is 1. The Bertz CT molecular complexity index is 2210. The molecule has 0 radical (unpaired) electrons. The van der Waals surface area contributed by atoms with Crippen molar-refractivity contribution in [3.8, 4) is 0 Å². The van der Waals surface area contributed by atoms with Gasteiger partial charge in [-0.2, -0.15) is 11.8 Å². The van der Waals surface area contributed by atoms with Gasteiger partial charge in [0, 0.05) is 60.9 Å². The molecule has 2 aliphatic rings. The van der Waals surface area contributed by atoms with E-state index in [1.807, 2.05) is 23.9 Å². The highest BCUT2D eigenvalue weighted by atomic mass is 35.5. The topological polar surface area (TPSA) is 149 Å². The Hall–Kier alpha value is -3.69. The lowest BCUT2D eigenvalue weighted by Crippen LogP contribution is -2.45. The first kappa shape index (κ1) is 41.0. The molecule has 1 aromatic heterocycles. The molecule has 0 bridgehead atoms. The smallest absolute Gasteiger partial charge is 0.332 e. The molecule has 55 heavy (non-hydrogen) atoms. The van der Waals surface area contributed by atoms with E-state index in [0.717, 1.165) is 23.8 Å². The first-order valence-electron chi connectivity index (χ1n) is 17.8. The molecule has 16 heteroatoms. The fourth-order valence-electron chi connectivity index (χ4n) is 6.61. The number of sulfone groups is 1. The highest BCUT2D eigenvalue weighted by Crippen LogP contribution is 2.38. The zero-order valence-corrected chi connectivity index (χ0v) is 34.4. The zero-order chi connectivity index (χ0) is 39.3. The molecule has 1 saturated heterocycles. The minimum atomic E-state index is -3.57. The molecule has 294 valence electrons. The average Bonchev–Trinajstić information content (AvgIpc) is 3.84. The lowest BCUT2D eigenvalue weighted by Gasteiger charge is -2.30. The maximum Gasteiger partial charge on any atom is 0.332 e. The van der Waals surface area contributed by atoms with E-state index < -0.39 is 40.0 Å². The van der Waals surface area contributed by atoms with Crippen LogP contribution in [0.2, 0.25) is 10.0 Å². The van der Waals surface area contributed by atoms with Gasteiger partial charge < -0.3 is 24.1 Å². The maximum absolute atomic E-state index is 13.9. The molecule has 0 spiro atoms. The van der Waals surface area contributed by atoms with Crippen molar-refractivity contribution in [1.29, 1.82) is 0 Å². The standard InChI is InChI=1S/C39H42Cl2N2O9S3/c1-24(51-34(44)8-3-4-16-54-17-15-53-23-54)52-39(47)32(19-25-6-5-7-29(18-25)55(2,48)49)42-37(45)35-31(40)20-28-22-43(13-11-30(28)36(35)41)38(46)27-10-9-26-12-14-50-33(26)21-27/h5-7,9-10,12,14,18,20-21,24,32,54H,3-4,8,11,13,15-17,19,22-23H2,1-2H3,(H,42,45)/t24?,32-/m0/s1. The van der Waals surface area contributed by atoms with Crippen LogP contribution in [-0.2, 0) is 48.3 Å². The molecule has 3 atom stereocenters. The Kier molecular flexibility index (Phi) is 13.4. The van der Waals surface area contributed by atoms with Crippen LogP contribution in [0.15, 0.2) is 70.2 Å². The summed E-state index contributed by atoms with van der Waals surface area (Å²) in [6.45, 7) is 1.94. The van der Waals surface area contributed by atoms with Crippen LogP contribution in [-0.4, -0.2) is 84.5 Å². The summed E-state index contributed by atoms with van der Waals surface area (Å²) in [5, 5.41) is 4.88. The Morgan fingerprint density at radius 3 is 2.64 bits per heavy atom. The van der Waals surface area contributed by atoms with Crippen molar-refractivity contribution in [2.75, 3.05) is 35.1 Å². The Labute approximate surface area is 337 Å². The molecule has 1 N–H and O–H groups in total. The summed E-state index contributed by atoms with van der Waals surface area (Å²) in [5.41, 5.74) is 2.75. The number of unbranched alkanes of at least 4 members (excludes halogenated alkanes) is 1. The van der Waals surface area contributed by atoms with Gasteiger partial charge in [-0.1, -0.05) is 41.4 Å². The zero-order valence-electron chi connectivity index (χ0n) is 30.3. The predicted octanol–water partition coefficient (Wildman–Crippen LogP) is 6.99. The number of benzene rings is 3. The number of rotatable bonds is 14. The van der Waals surface area contributed by atoms with Crippen LogP contribution < -0.4 is 5.32 Å². The number of hydrogen-bond acceptors (Lipinski definition) is 10. The fraction of sp³-hybridized carbons (Fsp3) is 0.385. The van der Waals surface area contributed by atoms with Gasteiger partial charge in [0.1, 0.15) is 11.6 Å². The van der Waals surface area contributed by atoms with Crippen molar-refractivity contribution in [3.63, 3.8) is 0 Å². The molecule has 1 fully saturated rings. The monoisotopic (exact) mass is 848 g/mol. The third-order valence-corrected chi connectivity index (χ3v) is 16.1. The summed E-state index contributed by atoms with van der Waals surface area (Å²) < 4.78 is 40.9. The Morgan fingerprint density at radius 2 is 1.87 bits per heavy atom. The SMILES string of the molecule is CC(OC(=O)CCCC[SH]1CCSC1)OC(=O)[C@H](Cc1cccc(S(C)(=O)=O)c1)NC(=O)c1c(Cl)cc2c(c1Cl)CCN(C(=O)c1ccc3ccoc3c1)C2. The second-order valence-corrected chi connectivity index (χ2v) is 20.5. The van der Waals surface area contributed by atoms with Crippen molar-refractivity contribution in [3.05, 3.63) is 98.7 Å². The molecule has 11 nitrogen and oxygen atoms in total. The molecular weight excluding hydrogens is 808 g/mol. The fourth-order valence-corrected chi connectivity index (χ4v) is 13.1. The van der Waals surface area contributed by atoms with Gasteiger partial charge in [-0.25, -0.2) is 24.1 Å². The summed E-state index contributed by atoms with van der Waals surface area (Å²) >= 11 is 15.5. The van der Waals surface area contributed by atoms with Crippen molar-refractivity contribution >= 4 is 90.4 Å². The number of carbonyl (C=O) groups is 4. The number of ether oxygens (including phenoxy) is 2. The summed E-state index contributed by atoms with van der Waals surface area (Å²) in [6.07, 6.45) is 3.37. The average molecular weight is 850 g/mol. The molecule has 3 aromatic carbocycles. The van der Waals surface area contributed by atoms with Crippen LogP contribution in [0.4, 0.5) is 0 Å². The molecule has 2 unspecified atom stereocenters. The quantitative estimate of drug-likeness (QED) is 0.0589. The number of halogens is 2. The van der Waals surface area contributed by atoms with Crippen LogP contribution in [0.25, 0.3) is 11.0 Å². The second kappa shape index (κ2) is 18.1. The number of amides is 2. The van der Waals surface area contributed by atoms with Gasteiger partial charge in [0.15, 0.2) is 9.84 Å². The minimum absolute atomic E-state index is 0.00831. The molecule has 0 aliphatic carbocycles. The van der Waals surface area contributed by atoms with Crippen LogP contribution in [0.5, 0.6) is 0 Å². The van der Waals surface area contributed by atoms with E-state index >= 15 is 0 Å². The van der Waals surface area contributed by atoms with E-state index in [4.69, 9.17) is 37.1 Å². The number of esters is 2. The maximum atomic E-state index is 13.9. The second-order valence-electron chi connectivity index (χ2n) is 13.6. The van der Waals surface area contributed by atoms with Crippen molar-refractivity contribution in [2.24, 2.45) is 0 Å². The predicted molar refractivity (Wildman–Crippen MR) is 217 cm³/mol. The number of hydrogen-bond donors (Lipinski definition) is 2. The number of thioether (sulfide) groups is 1. The molecule has 2 amide bonds. The van der Waals surface area contributed by atoms with E-state index in [9.17, 15) is 27.6 Å². The third-order valence-electron chi connectivity index (χ3n) is 9.49. The molecule has 4 aromatic rings. The van der Waals surface area contributed by atoms with E-state index in [0.29, 0.717) is 47.2 Å². The van der Waals surface area contributed by atoms with E-state index in [1.165, 1.54) is 41.7 Å². The van der Waals surface area contributed by atoms with Crippen molar-refractivity contribution < 1.29 is 41.5 Å². The van der Waals surface area contributed by atoms with Gasteiger partial charge in [-0.3, -0.25) is 14.4 Å². The summed E-state index contributed by atoms with van der Waals surface area (Å²) in [5.74, 6) is 1.24. The number of nitrogens with one attached hydrogen (secondary N) is 1. The van der Waals surface area contributed by atoms with Crippen LogP contribution in [0, 0.1) is 0 Å². The van der Waals surface area contributed by atoms with Crippen LogP contribution in [0.1, 0.15) is 63.6 Å². The Morgan fingerprint density at radius 1 is 1.05 bits per heavy atom. The summed E-state index contributed by atoms with van der Waals surface area (Å²) in [4.78, 5) is 55.2. The highest BCUT2D eigenvalue weighted by Gasteiger charge is 2.31. The van der Waals surface area contributed by atoms with Gasteiger partial charge in [0.05, 0.1) is 26.8 Å².